The molecule has 80 valence electrons. The van der Waals surface area contributed by atoms with Crippen molar-refractivity contribution >= 4 is 33.7 Å². The van der Waals surface area contributed by atoms with Crippen LogP contribution in [-0.2, 0) is 9.59 Å². The van der Waals surface area contributed by atoms with Gasteiger partial charge in [0.05, 0.1) is 0 Å². The minimum atomic E-state index is -0.293. The highest BCUT2D eigenvalue weighted by atomic mass is 35.5. The second-order valence-corrected chi connectivity index (χ2v) is 5.41. The van der Waals surface area contributed by atoms with E-state index in [0.717, 1.165) is 6.42 Å². The predicted octanol–water partition coefficient (Wildman–Crippen LogP) is 2.96. The number of carbonyl (C=O) groups excluding carboxylic acids is 2. The van der Waals surface area contributed by atoms with E-state index in [4.69, 9.17) is 23.2 Å². The van der Waals surface area contributed by atoms with Gasteiger partial charge in [0.25, 0.3) is 0 Å². The van der Waals surface area contributed by atoms with Crippen molar-refractivity contribution in [2.24, 2.45) is 17.3 Å². The summed E-state index contributed by atoms with van der Waals surface area (Å²) in [6, 6.07) is 0. The molecular formula is C10H14Cl2O2. The van der Waals surface area contributed by atoms with Crippen LogP contribution in [0.1, 0.15) is 33.1 Å². The third kappa shape index (κ3) is 2.48. The molecule has 1 saturated carbocycles. The Morgan fingerprint density at radius 3 is 1.71 bits per heavy atom. The lowest BCUT2D eigenvalue weighted by atomic mass is 9.53. The van der Waals surface area contributed by atoms with Crippen molar-refractivity contribution in [1.29, 1.82) is 0 Å². The molecule has 1 rings (SSSR count). The molecule has 1 fully saturated rings. The number of halogens is 2. The van der Waals surface area contributed by atoms with Crippen molar-refractivity contribution in [3.8, 4) is 0 Å². The summed E-state index contributed by atoms with van der Waals surface area (Å²) in [6.45, 7) is 4.12. The van der Waals surface area contributed by atoms with Gasteiger partial charge < -0.3 is 0 Å². The number of rotatable bonds is 4. The third-order valence-corrected chi connectivity index (χ3v) is 3.80. The van der Waals surface area contributed by atoms with Crippen LogP contribution in [0.25, 0.3) is 0 Å². The Hall–Kier alpha value is -0.0800. The predicted molar refractivity (Wildman–Crippen MR) is 56.3 cm³/mol. The second-order valence-electron chi connectivity index (χ2n) is 4.57. The molecule has 2 atom stereocenters. The van der Waals surface area contributed by atoms with Crippen LogP contribution in [0.4, 0.5) is 0 Å². The number of hydrogen-bond acceptors (Lipinski definition) is 2. The van der Waals surface area contributed by atoms with E-state index in [1.165, 1.54) is 0 Å². The van der Waals surface area contributed by atoms with Crippen molar-refractivity contribution in [3.63, 3.8) is 0 Å². The van der Waals surface area contributed by atoms with Gasteiger partial charge in [0.15, 0.2) is 0 Å². The lowest BCUT2D eigenvalue weighted by Gasteiger charge is -2.51. The van der Waals surface area contributed by atoms with Gasteiger partial charge in [-0.2, -0.15) is 0 Å². The molecule has 0 aromatic heterocycles. The molecule has 0 radical (unpaired) electrons. The molecule has 0 aromatic rings. The van der Waals surface area contributed by atoms with E-state index in [1.807, 2.05) is 0 Å². The molecule has 2 nitrogen and oxygen atoms in total. The Balaban J connectivity index is 2.50. The SMILES string of the molecule is CC1(C)C(CC(=O)Cl)CC1CC(=O)Cl. The standard InChI is InChI=1S/C10H14Cl2O2/c1-10(2)6(4-8(11)13)3-7(10)5-9(12)14/h6-7H,3-5H2,1-2H3. The Kier molecular flexibility index (Phi) is 3.59. The van der Waals surface area contributed by atoms with Crippen LogP contribution in [0.2, 0.25) is 0 Å². The molecule has 0 aromatic carbocycles. The molecule has 0 bridgehead atoms. The summed E-state index contributed by atoms with van der Waals surface area (Å²) >= 11 is 10.7. The Morgan fingerprint density at radius 2 is 1.50 bits per heavy atom. The number of carbonyl (C=O) groups is 2. The molecule has 1 aliphatic carbocycles. The van der Waals surface area contributed by atoms with Gasteiger partial charge in [0, 0.05) is 12.8 Å². The van der Waals surface area contributed by atoms with Gasteiger partial charge in [-0.25, -0.2) is 0 Å². The van der Waals surface area contributed by atoms with Crippen LogP contribution >= 0.6 is 23.2 Å². The van der Waals surface area contributed by atoms with Crippen LogP contribution in [0.5, 0.6) is 0 Å². The first kappa shape index (κ1) is 12.0. The molecule has 0 spiro atoms. The first-order chi connectivity index (χ1) is 6.34. The topological polar surface area (TPSA) is 34.1 Å². The molecule has 0 N–H and O–H groups in total. The summed E-state index contributed by atoms with van der Waals surface area (Å²) in [6.07, 6.45) is 1.69. The van der Waals surface area contributed by atoms with Crippen molar-refractivity contribution < 1.29 is 9.59 Å². The summed E-state index contributed by atoms with van der Waals surface area (Å²) in [5.41, 5.74) is 0.00903. The van der Waals surface area contributed by atoms with Crippen LogP contribution in [0.15, 0.2) is 0 Å². The van der Waals surface area contributed by atoms with E-state index in [9.17, 15) is 9.59 Å². The van der Waals surface area contributed by atoms with Gasteiger partial charge in [-0.1, -0.05) is 13.8 Å². The second kappa shape index (κ2) is 4.19. The molecule has 0 saturated heterocycles. The molecule has 2 unspecified atom stereocenters. The number of hydrogen-bond donors (Lipinski definition) is 0. The highest BCUT2D eigenvalue weighted by Gasteiger charge is 2.48. The average Bonchev–Trinajstić information content (AvgIpc) is 2.01. The van der Waals surface area contributed by atoms with E-state index in [-0.39, 0.29) is 15.9 Å². The van der Waals surface area contributed by atoms with E-state index in [2.05, 4.69) is 13.8 Å². The molecule has 14 heavy (non-hydrogen) atoms. The van der Waals surface area contributed by atoms with Crippen LogP contribution in [-0.4, -0.2) is 10.5 Å². The third-order valence-electron chi connectivity index (χ3n) is 3.49. The maximum Gasteiger partial charge on any atom is 0.221 e. The maximum atomic E-state index is 10.7. The average molecular weight is 237 g/mol. The van der Waals surface area contributed by atoms with E-state index < -0.39 is 0 Å². The lowest BCUT2D eigenvalue weighted by molar-refractivity contribution is -0.121. The van der Waals surface area contributed by atoms with Gasteiger partial charge in [-0.3, -0.25) is 9.59 Å². The lowest BCUT2D eigenvalue weighted by Crippen LogP contribution is -2.45. The zero-order valence-electron chi connectivity index (χ0n) is 8.35. The van der Waals surface area contributed by atoms with Gasteiger partial charge in [0.1, 0.15) is 0 Å². The summed E-state index contributed by atoms with van der Waals surface area (Å²) in [5.74, 6) is 0.599. The van der Waals surface area contributed by atoms with Crippen LogP contribution in [0, 0.1) is 17.3 Å². The monoisotopic (exact) mass is 236 g/mol. The van der Waals surface area contributed by atoms with Gasteiger partial charge >= 0.3 is 0 Å². The molecule has 4 heteroatoms. The minimum Gasteiger partial charge on any atom is -0.281 e. The molecule has 0 amide bonds. The van der Waals surface area contributed by atoms with Crippen molar-refractivity contribution in [3.05, 3.63) is 0 Å². The summed E-state index contributed by atoms with van der Waals surface area (Å²) < 4.78 is 0. The minimum absolute atomic E-state index is 0.00903. The summed E-state index contributed by atoms with van der Waals surface area (Å²) in [7, 11) is 0. The van der Waals surface area contributed by atoms with Crippen LogP contribution in [0.3, 0.4) is 0 Å². The maximum absolute atomic E-state index is 10.7. The van der Waals surface area contributed by atoms with Gasteiger partial charge in [0.2, 0.25) is 10.5 Å². The molecule has 1 aliphatic rings. The molecule has 0 aliphatic heterocycles. The zero-order chi connectivity index (χ0) is 10.9. The summed E-state index contributed by atoms with van der Waals surface area (Å²) in [4.78, 5) is 21.5. The van der Waals surface area contributed by atoms with Crippen LogP contribution < -0.4 is 0 Å². The highest BCUT2D eigenvalue weighted by Crippen LogP contribution is 2.54. The van der Waals surface area contributed by atoms with E-state index in [1.54, 1.807) is 0 Å². The van der Waals surface area contributed by atoms with Gasteiger partial charge in [-0.05, 0) is 46.9 Å². The van der Waals surface area contributed by atoms with Crippen molar-refractivity contribution in [1.82, 2.24) is 0 Å². The van der Waals surface area contributed by atoms with Gasteiger partial charge in [-0.15, -0.1) is 0 Å². The fourth-order valence-electron chi connectivity index (χ4n) is 2.20. The zero-order valence-corrected chi connectivity index (χ0v) is 9.86. The molecule has 0 heterocycles. The normalized spacial score (nSPS) is 29.4. The van der Waals surface area contributed by atoms with E-state index >= 15 is 0 Å². The smallest absolute Gasteiger partial charge is 0.221 e. The Bertz CT molecular complexity index is 237. The quantitative estimate of drug-likeness (QED) is 0.704. The van der Waals surface area contributed by atoms with Crippen molar-refractivity contribution in [2.45, 2.75) is 33.1 Å². The Labute approximate surface area is 93.9 Å². The first-order valence-corrected chi connectivity index (χ1v) is 5.46. The fourth-order valence-corrected chi connectivity index (χ4v) is 2.58. The first-order valence-electron chi connectivity index (χ1n) is 4.70. The fraction of sp³-hybridized carbons (Fsp3) is 0.800. The van der Waals surface area contributed by atoms with E-state index in [0.29, 0.717) is 24.7 Å². The summed E-state index contributed by atoms with van der Waals surface area (Å²) in [5, 5.41) is -0.586. The van der Waals surface area contributed by atoms with Crippen molar-refractivity contribution in [2.75, 3.05) is 0 Å². The highest BCUT2D eigenvalue weighted by molar-refractivity contribution is 6.63. The Morgan fingerprint density at radius 1 is 1.14 bits per heavy atom. The largest absolute Gasteiger partial charge is 0.281 e. The molecular weight excluding hydrogens is 223 g/mol.